The number of thioether (sulfide) groups is 1. The maximum atomic E-state index is 13.7. The molecule has 0 spiro atoms. The number of allylic oxidation sites excluding steroid dienone is 1. The molecule has 1 heterocycles. The SMILES string of the molecule is C=CCn1c(COc2ccccc2F)nnc1SCCc1ccc(OC)cc1. The maximum Gasteiger partial charge on any atom is 0.191 e. The first-order valence-electron chi connectivity index (χ1n) is 8.87. The zero-order valence-corrected chi connectivity index (χ0v) is 16.5. The van der Waals surface area contributed by atoms with Gasteiger partial charge in [0.05, 0.1) is 7.11 Å². The van der Waals surface area contributed by atoms with Crippen LogP contribution in [0.4, 0.5) is 4.39 Å². The average molecular weight is 399 g/mol. The normalized spacial score (nSPS) is 10.6. The largest absolute Gasteiger partial charge is 0.497 e. The van der Waals surface area contributed by atoms with Gasteiger partial charge in [0, 0.05) is 12.3 Å². The van der Waals surface area contributed by atoms with Crippen LogP contribution >= 0.6 is 11.8 Å². The third-order valence-corrected chi connectivity index (χ3v) is 5.05. The van der Waals surface area contributed by atoms with Gasteiger partial charge in [-0.15, -0.1) is 16.8 Å². The molecule has 0 saturated heterocycles. The minimum atomic E-state index is -0.397. The average Bonchev–Trinajstić information content (AvgIpc) is 3.10. The molecular weight excluding hydrogens is 377 g/mol. The molecule has 5 nitrogen and oxygen atoms in total. The molecule has 0 saturated carbocycles. The van der Waals surface area contributed by atoms with Crippen LogP contribution in [0.2, 0.25) is 0 Å². The molecule has 0 aliphatic heterocycles. The molecule has 0 bridgehead atoms. The third kappa shape index (κ3) is 5.13. The zero-order chi connectivity index (χ0) is 19.8. The second-order valence-corrected chi connectivity index (χ2v) is 7.03. The minimum Gasteiger partial charge on any atom is -0.497 e. The van der Waals surface area contributed by atoms with Crippen LogP contribution in [0.1, 0.15) is 11.4 Å². The Morgan fingerprint density at radius 3 is 2.64 bits per heavy atom. The summed E-state index contributed by atoms with van der Waals surface area (Å²) in [5, 5.41) is 9.26. The number of aromatic nitrogens is 3. The van der Waals surface area contributed by atoms with Crippen molar-refractivity contribution in [1.29, 1.82) is 0 Å². The zero-order valence-electron chi connectivity index (χ0n) is 15.7. The molecule has 1 aromatic heterocycles. The van der Waals surface area contributed by atoms with E-state index in [4.69, 9.17) is 9.47 Å². The Kier molecular flexibility index (Phi) is 7.08. The van der Waals surface area contributed by atoms with Gasteiger partial charge in [0.15, 0.2) is 22.5 Å². The molecular formula is C21H22FN3O2S. The van der Waals surface area contributed by atoms with Crippen molar-refractivity contribution < 1.29 is 13.9 Å². The quantitative estimate of drug-likeness (QED) is 0.370. The van der Waals surface area contributed by atoms with Crippen molar-refractivity contribution in [3.8, 4) is 11.5 Å². The highest BCUT2D eigenvalue weighted by Gasteiger charge is 2.13. The first kappa shape index (κ1) is 19.9. The van der Waals surface area contributed by atoms with E-state index in [1.54, 1.807) is 43.1 Å². The Hall–Kier alpha value is -2.80. The van der Waals surface area contributed by atoms with Gasteiger partial charge >= 0.3 is 0 Å². The number of aryl methyl sites for hydroxylation is 1. The molecule has 0 unspecified atom stereocenters. The highest BCUT2D eigenvalue weighted by molar-refractivity contribution is 7.99. The Bertz CT molecular complexity index is 912. The van der Waals surface area contributed by atoms with Gasteiger partial charge in [-0.1, -0.05) is 42.1 Å². The fourth-order valence-corrected chi connectivity index (χ4v) is 3.56. The van der Waals surface area contributed by atoms with E-state index in [1.807, 2.05) is 16.7 Å². The van der Waals surface area contributed by atoms with E-state index in [1.165, 1.54) is 11.6 Å². The fraction of sp³-hybridized carbons (Fsp3) is 0.238. The van der Waals surface area contributed by atoms with Gasteiger partial charge in [-0.05, 0) is 36.2 Å². The molecule has 0 aliphatic carbocycles. The molecule has 7 heteroatoms. The lowest BCUT2D eigenvalue weighted by Crippen LogP contribution is -2.08. The Morgan fingerprint density at radius 1 is 1.14 bits per heavy atom. The monoisotopic (exact) mass is 399 g/mol. The number of para-hydroxylation sites is 1. The summed E-state index contributed by atoms with van der Waals surface area (Å²) in [6, 6.07) is 14.3. The number of benzene rings is 2. The summed E-state index contributed by atoms with van der Waals surface area (Å²) >= 11 is 1.62. The predicted octanol–water partition coefficient (Wildman–Crippen LogP) is 4.53. The van der Waals surface area contributed by atoms with Gasteiger partial charge in [0.1, 0.15) is 12.4 Å². The van der Waals surface area contributed by atoms with Crippen LogP contribution in [0, 0.1) is 5.82 Å². The van der Waals surface area contributed by atoms with Crippen LogP contribution in [0.3, 0.4) is 0 Å². The summed E-state index contributed by atoms with van der Waals surface area (Å²) in [5.74, 6) is 2.14. The first-order chi connectivity index (χ1) is 13.7. The van der Waals surface area contributed by atoms with E-state index >= 15 is 0 Å². The molecule has 146 valence electrons. The maximum absolute atomic E-state index is 13.7. The summed E-state index contributed by atoms with van der Waals surface area (Å²) < 4.78 is 26.4. The molecule has 0 amide bonds. The first-order valence-corrected chi connectivity index (χ1v) is 9.86. The second kappa shape index (κ2) is 9.94. The third-order valence-electron chi connectivity index (χ3n) is 4.08. The van der Waals surface area contributed by atoms with Crippen molar-refractivity contribution in [3.05, 3.63) is 78.4 Å². The molecule has 0 N–H and O–H groups in total. The number of nitrogens with zero attached hydrogens (tertiary/aromatic N) is 3. The van der Waals surface area contributed by atoms with Crippen molar-refractivity contribution in [3.63, 3.8) is 0 Å². The number of rotatable bonds is 10. The van der Waals surface area contributed by atoms with Crippen LogP contribution in [-0.4, -0.2) is 27.6 Å². The van der Waals surface area contributed by atoms with Crippen LogP contribution in [0.25, 0.3) is 0 Å². The summed E-state index contributed by atoms with van der Waals surface area (Å²) in [7, 11) is 1.66. The van der Waals surface area contributed by atoms with E-state index in [2.05, 4.69) is 28.9 Å². The number of ether oxygens (including phenoxy) is 2. The lowest BCUT2D eigenvalue weighted by Gasteiger charge is -2.09. The van der Waals surface area contributed by atoms with Gasteiger partial charge in [-0.3, -0.25) is 4.57 Å². The van der Waals surface area contributed by atoms with Crippen molar-refractivity contribution >= 4 is 11.8 Å². The molecule has 0 radical (unpaired) electrons. The standard InChI is InChI=1S/C21H22FN3O2S/c1-3-13-25-20(15-27-19-7-5-4-6-18(19)22)23-24-21(25)28-14-12-16-8-10-17(26-2)11-9-16/h3-11H,1,12-15H2,2H3. The van der Waals surface area contributed by atoms with Crippen molar-refractivity contribution in [2.75, 3.05) is 12.9 Å². The highest BCUT2D eigenvalue weighted by atomic mass is 32.2. The molecule has 3 rings (SSSR count). The Balaban J connectivity index is 1.61. The number of hydrogen-bond donors (Lipinski definition) is 0. The van der Waals surface area contributed by atoms with E-state index < -0.39 is 5.82 Å². The van der Waals surface area contributed by atoms with Crippen LogP contribution < -0.4 is 9.47 Å². The van der Waals surface area contributed by atoms with Crippen molar-refractivity contribution in [1.82, 2.24) is 14.8 Å². The molecule has 0 fully saturated rings. The van der Waals surface area contributed by atoms with Crippen LogP contribution in [0.5, 0.6) is 11.5 Å². The predicted molar refractivity (Wildman–Crippen MR) is 108 cm³/mol. The molecule has 0 aliphatic rings. The summed E-state index contributed by atoms with van der Waals surface area (Å²) in [6.45, 7) is 4.50. The molecule has 3 aromatic rings. The van der Waals surface area contributed by atoms with Crippen molar-refractivity contribution in [2.45, 2.75) is 24.7 Å². The minimum absolute atomic E-state index is 0.140. The molecule has 28 heavy (non-hydrogen) atoms. The summed E-state index contributed by atoms with van der Waals surface area (Å²) in [6.07, 6.45) is 2.68. The molecule has 2 aromatic carbocycles. The Morgan fingerprint density at radius 2 is 1.93 bits per heavy atom. The van der Waals surface area contributed by atoms with Gasteiger partial charge < -0.3 is 9.47 Å². The van der Waals surface area contributed by atoms with Crippen molar-refractivity contribution in [2.24, 2.45) is 0 Å². The smallest absolute Gasteiger partial charge is 0.191 e. The van der Waals surface area contributed by atoms with Crippen LogP contribution in [-0.2, 0) is 19.6 Å². The summed E-state index contributed by atoms with van der Waals surface area (Å²) in [4.78, 5) is 0. The van der Waals surface area contributed by atoms with E-state index in [-0.39, 0.29) is 12.4 Å². The second-order valence-electron chi connectivity index (χ2n) is 5.96. The summed E-state index contributed by atoms with van der Waals surface area (Å²) in [5.41, 5.74) is 1.23. The Labute approximate surface area is 168 Å². The fourth-order valence-electron chi connectivity index (χ4n) is 2.60. The van der Waals surface area contributed by atoms with Gasteiger partial charge in [0.2, 0.25) is 0 Å². The lowest BCUT2D eigenvalue weighted by atomic mass is 10.2. The topological polar surface area (TPSA) is 49.2 Å². The van der Waals surface area contributed by atoms with Gasteiger partial charge in [-0.2, -0.15) is 0 Å². The number of halogens is 1. The van der Waals surface area contributed by atoms with Crippen LogP contribution in [0.15, 0.2) is 66.3 Å². The lowest BCUT2D eigenvalue weighted by molar-refractivity contribution is 0.275. The van der Waals surface area contributed by atoms with E-state index in [9.17, 15) is 4.39 Å². The highest BCUT2D eigenvalue weighted by Crippen LogP contribution is 2.21. The van der Waals surface area contributed by atoms with E-state index in [0.29, 0.717) is 12.4 Å². The number of methoxy groups -OCH3 is 1. The molecule has 0 atom stereocenters. The van der Waals surface area contributed by atoms with Gasteiger partial charge in [0.25, 0.3) is 0 Å². The van der Waals surface area contributed by atoms with E-state index in [0.717, 1.165) is 23.1 Å². The van der Waals surface area contributed by atoms with Gasteiger partial charge in [-0.25, -0.2) is 4.39 Å². The number of hydrogen-bond acceptors (Lipinski definition) is 5.